The smallest absolute Gasteiger partial charge is 0.266 e. The average Bonchev–Trinajstić information content (AvgIpc) is 3.09. The van der Waals surface area contributed by atoms with Crippen molar-refractivity contribution in [2.24, 2.45) is 10.7 Å². The zero-order chi connectivity index (χ0) is 24.2. The molecule has 1 atom stereocenters. The highest BCUT2D eigenvalue weighted by Gasteiger charge is 2.45. The Labute approximate surface area is 199 Å². The molecule has 2 aromatic heterocycles. The van der Waals surface area contributed by atoms with Gasteiger partial charge in [-0.2, -0.15) is 4.39 Å². The molecule has 1 fully saturated rings. The normalized spacial score (nSPS) is 22.7. The Morgan fingerprint density at radius 2 is 1.89 bits per heavy atom. The Bertz CT molecular complexity index is 1350. The van der Waals surface area contributed by atoms with E-state index in [0.717, 1.165) is 0 Å². The fourth-order valence-electron chi connectivity index (χ4n) is 5.04. The molecule has 3 aliphatic rings. The van der Waals surface area contributed by atoms with E-state index >= 15 is 0 Å². The van der Waals surface area contributed by atoms with E-state index in [2.05, 4.69) is 9.97 Å². The molecule has 6 rings (SSSR count). The van der Waals surface area contributed by atoms with Gasteiger partial charge in [0.15, 0.2) is 5.75 Å². The van der Waals surface area contributed by atoms with Gasteiger partial charge < -0.3 is 20.1 Å². The van der Waals surface area contributed by atoms with E-state index < -0.39 is 24.0 Å². The molecular weight excluding hydrogens is 459 g/mol. The minimum Gasteiger partial charge on any atom is -0.455 e. The first-order chi connectivity index (χ1) is 16.8. The average molecular weight is 481 g/mol. The number of nitrogens with two attached hydrogens (primary N) is 1. The fourth-order valence-corrected chi connectivity index (χ4v) is 5.04. The lowest BCUT2D eigenvalue weighted by atomic mass is 9.77. The van der Waals surface area contributed by atoms with Crippen molar-refractivity contribution in [2.75, 3.05) is 31.2 Å². The highest BCUT2D eigenvalue weighted by atomic mass is 19.3. The van der Waals surface area contributed by atoms with Crippen LogP contribution in [0, 0.1) is 5.95 Å². The number of halogens is 3. The summed E-state index contributed by atoms with van der Waals surface area (Å²) in [5.41, 5.74) is 7.48. The number of hydrogen-bond donors (Lipinski definition) is 1. The lowest BCUT2D eigenvalue weighted by Crippen LogP contribution is -2.33. The largest absolute Gasteiger partial charge is 0.455 e. The van der Waals surface area contributed by atoms with Crippen LogP contribution in [-0.4, -0.2) is 48.0 Å². The maximum Gasteiger partial charge on any atom is 0.266 e. The Morgan fingerprint density at radius 3 is 2.69 bits per heavy atom. The zero-order valence-corrected chi connectivity index (χ0v) is 18.7. The van der Waals surface area contributed by atoms with Gasteiger partial charge in [0, 0.05) is 42.3 Å². The second-order valence-electron chi connectivity index (χ2n) is 8.99. The number of hydrogen-bond acceptors (Lipinski definition) is 7. The van der Waals surface area contributed by atoms with Crippen molar-refractivity contribution in [3.63, 3.8) is 0 Å². The van der Waals surface area contributed by atoms with E-state index in [9.17, 15) is 13.2 Å². The van der Waals surface area contributed by atoms with Gasteiger partial charge in [-0.25, -0.2) is 18.7 Å². The summed E-state index contributed by atoms with van der Waals surface area (Å²) >= 11 is 0. The molecule has 3 aliphatic heterocycles. The van der Waals surface area contributed by atoms with Crippen molar-refractivity contribution < 1.29 is 22.6 Å². The first-order valence-electron chi connectivity index (χ1n) is 11.3. The molecular formula is C25H22F3N5O2. The number of fused-ring (bicyclic) bond motifs is 4. The molecule has 0 unspecified atom stereocenters. The summed E-state index contributed by atoms with van der Waals surface area (Å²) in [6.45, 7) is 0.318. The number of rotatable bonds is 2. The van der Waals surface area contributed by atoms with Gasteiger partial charge in [-0.1, -0.05) is 6.07 Å². The summed E-state index contributed by atoms with van der Waals surface area (Å²) in [5.74, 6) is -1.64. The Balaban J connectivity index is 1.54. The third kappa shape index (κ3) is 3.68. The molecule has 3 aromatic rings. The highest BCUT2D eigenvalue weighted by Crippen LogP contribution is 2.53. The SMILES string of the molecule is NC1=N[C@@]2(CCOC1)c1cc(-c3cccnc3F)ccc1Oc1cnc(N3CCC(F)(F)C3)cc12. The van der Waals surface area contributed by atoms with Crippen LogP contribution in [0.3, 0.4) is 0 Å². The van der Waals surface area contributed by atoms with Gasteiger partial charge in [-0.05, 0) is 35.9 Å². The van der Waals surface area contributed by atoms with E-state index in [0.29, 0.717) is 58.4 Å². The summed E-state index contributed by atoms with van der Waals surface area (Å²) in [5, 5.41) is 0. The standard InChI is InChI=1S/C25H22F3N5O2/c26-23-16(2-1-7-30-23)15-3-4-19-17(10-15)25(6-9-34-13-21(29)32-25)18-11-22(31-12-20(18)35-19)33-8-5-24(27,28)14-33/h1-4,7,10-12H,5-6,8-9,13-14H2,(H2,29,32)/t25-/m0/s1. The maximum absolute atomic E-state index is 14.5. The van der Waals surface area contributed by atoms with Gasteiger partial charge >= 0.3 is 0 Å². The Hall–Kier alpha value is -3.66. The number of anilines is 1. The maximum atomic E-state index is 14.5. The lowest BCUT2D eigenvalue weighted by molar-refractivity contribution is 0.0256. The van der Waals surface area contributed by atoms with Gasteiger partial charge in [0.05, 0.1) is 19.3 Å². The molecule has 0 aliphatic carbocycles. The molecule has 35 heavy (non-hydrogen) atoms. The number of nitrogens with zero attached hydrogens (tertiary/aromatic N) is 4. The number of amidine groups is 1. The molecule has 2 N–H and O–H groups in total. The zero-order valence-electron chi connectivity index (χ0n) is 18.7. The molecule has 1 spiro atoms. The number of benzene rings is 1. The number of ether oxygens (including phenoxy) is 2. The van der Waals surface area contributed by atoms with Crippen LogP contribution < -0.4 is 15.4 Å². The van der Waals surface area contributed by atoms with Crippen LogP contribution in [0.5, 0.6) is 11.5 Å². The van der Waals surface area contributed by atoms with Crippen LogP contribution in [0.4, 0.5) is 19.0 Å². The van der Waals surface area contributed by atoms with E-state index in [1.54, 1.807) is 35.2 Å². The topological polar surface area (TPSA) is 85.9 Å². The lowest BCUT2D eigenvalue weighted by Gasteiger charge is -2.37. The van der Waals surface area contributed by atoms with Crippen molar-refractivity contribution in [2.45, 2.75) is 24.3 Å². The molecule has 7 nitrogen and oxygen atoms in total. The molecule has 1 saturated heterocycles. The third-order valence-electron chi connectivity index (χ3n) is 6.70. The van der Waals surface area contributed by atoms with Gasteiger partial charge in [0.25, 0.3) is 5.92 Å². The Morgan fingerprint density at radius 1 is 1.03 bits per heavy atom. The van der Waals surface area contributed by atoms with E-state index in [4.69, 9.17) is 20.2 Å². The number of aliphatic imine (C=N–C) groups is 1. The summed E-state index contributed by atoms with van der Waals surface area (Å²) in [6, 6.07) is 10.4. The van der Waals surface area contributed by atoms with Crippen LogP contribution in [0.2, 0.25) is 0 Å². The molecule has 5 heterocycles. The van der Waals surface area contributed by atoms with Crippen molar-refractivity contribution >= 4 is 11.7 Å². The van der Waals surface area contributed by atoms with Crippen LogP contribution in [0.15, 0.2) is 53.8 Å². The van der Waals surface area contributed by atoms with Gasteiger partial charge in [-0.15, -0.1) is 0 Å². The second-order valence-corrected chi connectivity index (χ2v) is 8.99. The van der Waals surface area contributed by atoms with Crippen LogP contribution in [-0.2, 0) is 10.3 Å². The van der Waals surface area contributed by atoms with Crippen LogP contribution >= 0.6 is 0 Å². The van der Waals surface area contributed by atoms with Crippen LogP contribution in [0.25, 0.3) is 11.1 Å². The summed E-state index contributed by atoms with van der Waals surface area (Å²) in [4.78, 5) is 14.6. The van der Waals surface area contributed by atoms with Crippen molar-refractivity contribution in [1.82, 2.24) is 9.97 Å². The van der Waals surface area contributed by atoms with Crippen molar-refractivity contribution in [3.8, 4) is 22.6 Å². The van der Waals surface area contributed by atoms with Crippen molar-refractivity contribution in [3.05, 3.63) is 65.9 Å². The predicted octanol–water partition coefficient (Wildman–Crippen LogP) is 4.25. The van der Waals surface area contributed by atoms with Gasteiger partial charge in [0.1, 0.15) is 29.5 Å². The number of pyridine rings is 2. The molecule has 0 bridgehead atoms. The predicted molar refractivity (Wildman–Crippen MR) is 124 cm³/mol. The molecule has 10 heteroatoms. The minimum atomic E-state index is -2.76. The van der Waals surface area contributed by atoms with E-state index in [-0.39, 0.29) is 19.6 Å². The molecule has 0 saturated carbocycles. The minimum absolute atomic E-state index is 0.167. The monoisotopic (exact) mass is 481 g/mol. The van der Waals surface area contributed by atoms with Crippen molar-refractivity contribution in [1.29, 1.82) is 0 Å². The summed E-state index contributed by atoms with van der Waals surface area (Å²) in [6.07, 6.45) is 3.13. The highest BCUT2D eigenvalue weighted by molar-refractivity contribution is 5.83. The summed E-state index contributed by atoms with van der Waals surface area (Å²) in [7, 11) is 0. The first-order valence-corrected chi connectivity index (χ1v) is 11.3. The number of alkyl halides is 2. The van der Waals surface area contributed by atoms with Gasteiger partial charge in [-0.3, -0.25) is 4.99 Å². The van der Waals surface area contributed by atoms with Gasteiger partial charge in [0.2, 0.25) is 5.95 Å². The van der Waals surface area contributed by atoms with E-state index in [1.165, 1.54) is 12.4 Å². The number of aromatic nitrogens is 2. The fraction of sp³-hybridized carbons (Fsp3) is 0.320. The van der Waals surface area contributed by atoms with Crippen LogP contribution in [0.1, 0.15) is 24.0 Å². The molecule has 0 amide bonds. The third-order valence-corrected chi connectivity index (χ3v) is 6.70. The second kappa shape index (κ2) is 7.94. The summed E-state index contributed by atoms with van der Waals surface area (Å²) < 4.78 is 54.2. The molecule has 1 aromatic carbocycles. The quantitative estimate of drug-likeness (QED) is 0.551. The first kappa shape index (κ1) is 21.8. The Kier molecular flexibility index (Phi) is 4.96. The molecule has 0 radical (unpaired) electrons. The van der Waals surface area contributed by atoms with E-state index in [1.807, 2.05) is 6.07 Å². The molecule has 180 valence electrons.